The number of thioether (sulfide) groups is 2. The van der Waals surface area contributed by atoms with E-state index in [1.807, 2.05) is 85.1 Å². The Balaban J connectivity index is 1.69. The maximum absolute atomic E-state index is 13.8. The molecule has 32 heavy (non-hydrogen) atoms. The Morgan fingerprint density at radius 1 is 0.969 bits per heavy atom. The number of anilines is 2. The molecular formula is C24H19N3O2S3. The average Bonchev–Trinajstić information content (AvgIpc) is 3.49. The van der Waals surface area contributed by atoms with Crippen molar-refractivity contribution in [2.75, 3.05) is 9.91 Å². The van der Waals surface area contributed by atoms with Crippen molar-refractivity contribution in [3.63, 3.8) is 0 Å². The molecule has 0 aliphatic carbocycles. The third kappa shape index (κ3) is 3.58. The van der Waals surface area contributed by atoms with Gasteiger partial charge in [0.2, 0.25) is 4.33 Å². The van der Waals surface area contributed by atoms with Crippen molar-refractivity contribution >= 4 is 69.0 Å². The van der Waals surface area contributed by atoms with Gasteiger partial charge >= 0.3 is 0 Å². The van der Waals surface area contributed by atoms with Crippen LogP contribution in [0.2, 0.25) is 0 Å². The van der Waals surface area contributed by atoms with E-state index in [1.165, 1.54) is 30.4 Å². The van der Waals surface area contributed by atoms with Crippen molar-refractivity contribution in [2.45, 2.75) is 18.2 Å². The highest BCUT2D eigenvalue weighted by atomic mass is 32.2. The molecule has 160 valence electrons. The molecule has 1 spiro atoms. The van der Waals surface area contributed by atoms with Gasteiger partial charge in [0.05, 0.1) is 10.6 Å². The number of carbonyl (C=O) groups excluding carboxylic acids is 2. The first kappa shape index (κ1) is 21.1. The van der Waals surface area contributed by atoms with E-state index in [0.29, 0.717) is 9.95 Å². The van der Waals surface area contributed by atoms with E-state index in [9.17, 15) is 9.59 Å². The molecule has 8 heteroatoms. The van der Waals surface area contributed by atoms with Crippen LogP contribution in [0.15, 0.2) is 82.1 Å². The smallest absolute Gasteiger partial charge is 0.268 e. The quantitative estimate of drug-likeness (QED) is 0.435. The SMILES string of the molecule is CC(=O)C1=NN(c2ccc(C)cc2)[C@@]2(S1)S/C(=C/c1cccs1)C(=O)N2c1ccccc1. The molecule has 1 atom stereocenters. The predicted octanol–water partition coefficient (Wildman–Crippen LogP) is 5.94. The lowest BCUT2D eigenvalue weighted by Gasteiger charge is -2.38. The fraction of sp³-hybridized carbons (Fsp3) is 0.125. The predicted molar refractivity (Wildman–Crippen MR) is 136 cm³/mol. The number of benzene rings is 2. The second-order valence-corrected chi connectivity index (χ2v) is 11.0. The number of rotatable bonds is 4. The molecule has 1 saturated heterocycles. The monoisotopic (exact) mass is 477 g/mol. The van der Waals surface area contributed by atoms with Crippen LogP contribution in [-0.4, -0.2) is 21.1 Å². The van der Waals surface area contributed by atoms with Crippen LogP contribution in [0, 0.1) is 6.92 Å². The second kappa shape index (κ2) is 8.27. The Bertz CT molecular complexity index is 1240. The summed E-state index contributed by atoms with van der Waals surface area (Å²) in [6, 6.07) is 21.5. The van der Waals surface area contributed by atoms with Crippen molar-refractivity contribution in [3.8, 4) is 0 Å². The number of hydrogen-bond acceptors (Lipinski definition) is 7. The summed E-state index contributed by atoms with van der Waals surface area (Å²) in [6.07, 6.45) is 1.92. The Morgan fingerprint density at radius 2 is 1.72 bits per heavy atom. The zero-order valence-electron chi connectivity index (χ0n) is 17.4. The lowest BCUT2D eigenvalue weighted by molar-refractivity contribution is -0.114. The Hall–Kier alpha value is -2.81. The summed E-state index contributed by atoms with van der Waals surface area (Å²) >= 11 is 4.32. The number of thiophene rings is 1. The highest BCUT2D eigenvalue weighted by Gasteiger charge is 2.59. The highest BCUT2D eigenvalue weighted by molar-refractivity contribution is 8.29. The minimum absolute atomic E-state index is 0.112. The molecule has 2 aliphatic heterocycles. The van der Waals surface area contributed by atoms with E-state index in [2.05, 4.69) is 5.10 Å². The number of aryl methyl sites for hydroxylation is 1. The van der Waals surface area contributed by atoms with E-state index in [-0.39, 0.29) is 11.7 Å². The van der Waals surface area contributed by atoms with Crippen molar-refractivity contribution in [2.24, 2.45) is 5.10 Å². The average molecular weight is 478 g/mol. The molecule has 1 amide bonds. The summed E-state index contributed by atoms with van der Waals surface area (Å²) in [5.74, 6) is -0.236. The Kier molecular flexibility index (Phi) is 5.44. The van der Waals surface area contributed by atoms with E-state index in [4.69, 9.17) is 0 Å². The number of para-hydroxylation sites is 1. The molecular weight excluding hydrogens is 458 g/mol. The first-order valence-electron chi connectivity index (χ1n) is 9.97. The van der Waals surface area contributed by atoms with Gasteiger partial charge in [-0.1, -0.05) is 53.7 Å². The van der Waals surface area contributed by atoms with Gasteiger partial charge in [0.15, 0.2) is 10.8 Å². The number of hydrogen-bond donors (Lipinski definition) is 0. The standard InChI is InChI=1S/C24H19N3O2S3/c1-16-10-12-19(13-11-16)27-24(32-22(25-27)17(2)28)26(18-7-4-3-5-8-18)23(29)21(31-24)15-20-9-6-14-30-20/h3-15H,1-2H3/b21-15+/t24-/m1/s1. The largest absolute Gasteiger partial charge is 0.292 e. The van der Waals surface area contributed by atoms with Crippen LogP contribution < -0.4 is 9.91 Å². The van der Waals surface area contributed by atoms with Gasteiger partial charge in [0.25, 0.3) is 5.91 Å². The topological polar surface area (TPSA) is 53.0 Å². The van der Waals surface area contributed by atoms with E-state index in [0.717, 1.165) is 21.8 Å². The zero-order valence-corrected chi connectivity index (χ0v) is 19.8. The summed E-state index contributed by atoms with van der Waals surface area (Å²) < 4.78 is -0.974. The number of Topliss-reactive ketones (excluding diaryl/α,β-unsaturated/α-hetero) is 1. The normalized spacial score (nSPS) is 21.6. The van der Waals surface area contributed by atoms with Gasteiger partial charge in [-0.3, -0.25) is 14.5 Å². The Labute approximate surface area is 198 Å². The van der Waals surface area contributed by atoms with Gasteiger partial charge in [-0.2, -0.15) is 5.10 Å². The van der Waals surface area contributed by atoms with Crippen LogP contribution in [0.1, 0.15) is 17.4 Å². The number of amides is 1. The van der Waals surface area contributed by atoms with Crippen LogP contribution in [0.4, 0.5) is 11.4 Å². The fourth-order valence-corrected chi connectivity index (χ4v) is 7.12. The minimum Gasteiger partial charge on any atom is -0.292 e. The summed E-state index contributed by atoms with van der Waals surface area (Å²) in [4.78, 5) is 29.5. The molecule has 5 rings (SSSR count). The molecule has 2 aromatic carbocycles. The molecule has 3 heterocycles. The molecule has 0 unspecified atom stereocenters. The van der Waals surface area contributed by atoms with E-state index >= 15 is 0 Å². The lowest BCUT2D eigenvalue weighted by Crippen LogP contribution is -2.51. The summed E-state index contributed by atoms with van der Waals surface area (Å²) in [7, 11) is 0. The molecule has 1 aromatic heterocycles. The maximum atomic E-state index is 13.8. The Morgan fingerprint density at radius 3 is 2.38 bits per heavy atom. The van der Waals surface area contributed by atoms with E-state index in [1.54, 1.807) is 21.2 Å². The summed E-state index contributed by atoms with van der Waals surface area (Å²) in [6.45, 7) is 3.53. The van der Waals surface area contributed by atoms with Crippen molar-refractivity contribution < 1.29 is 9.59 Å². The van der Waals surface area contributed by atoms with Crippen molar-refractivity contribution in [3.05, 3.63) is 87.5 Å². The molecule has 0 bridgehead atoms. The molecule has 3 aromatic rings. The summed E-state index contributed by atoms with van der Waals surface area (Å²) in [5, 5.41) is 8.86. The van der Waals surface area contributed by atoms with Gasteiger partial charge < -0.3 is 0 Å². The highest BCUT2D eigenvalue weighted by Crippen LogP contribution is 2.59. The van der Waals surface area contributed by atoms with Gasteiger partial charge in [-0.25, -0.2) is 5.01 Å². The van der Waals surface area contributed by atoms with Crippen molar-refractivity contribution in [1.82, 2.24) is 0 Å². The number of nitrogens with zero attached hydrogens (tertiary/aromatic N) is 3. The zero-order chi connectivity index (χ0) is 22.3. The van der Waals surface area contributed by atoms with Gasteiger partial charge in [0, 0.05) is 17.5 Å². The molecule has 0 radical (unpaired) electrons. The maximum Gasteiger partial charge on any atom is 0.268 e. The summed E-state index contributed by atoms with van der Waals surface area (Å²) in [5.41, 5.74) is 2.70. The van der Waals surface area contributed by atoms with Crippen LogP contribution in [-0.2, 0) is 9.59 Å². The molecule has 5 nitrogen and oxygen atoms in total. The number of ketones is 1. The van der Waals surface area contributed by atoms with Crippen LogP contribution >= 0.6 is 34.9 Å². The van der Waals surface area contributed by atoms with Crippen LogP contribution in [0.3, 0.4) is 0 Å². The van der Waals surface area contributed by atoms with Gasteiger partial charge in [-0.15, -0.1) is 11.3 Å². The molecule has 0 N–H and O–H groups in total. The van der Waals surface area contributed by atoms with Crippen LogP contribution in [0.25, 0.3) is 6.08 Å². The number of hydrazone groups is 1. The van der Waals surface area contributed by atoms with Gasteiger partial charge in [0.1, 0.15) is 0 Å². The van der Waals surface area contributed by atoms with Gasteiger partial charge in [-0.05, 0) is 60.5 Å². The second-order valence-electron chi connectivity index (χ2n) is 7.36. The lowest BCUT2D eigenvalue weighted by atomic mass is 10.2. The first-order valence-corrected chi connectivity index (χ1v) is 12.5. The van der Waals surface area contributed by atoms with E-state index < -0.39 is 4.33 Å². The molecule has 0 saturated carbocycles. The molecule has 1 fully saturated rings. The first-order chi connectivity index (χ1) is 15.5. The third-order valence-electron chi connectivity index (χ3n) is 5.04. The minimum atomic E-state index is -0.974. The number of carbonyl (C=O) groups is 2. The fourth-order valence-electron chi connectivity index (χ4n) is 3.52. The third-order valence-corrected chi connectivity index (χ3v) is 8.68. The van der Waals surface area contributed by atoms with Crippen molar-refractivity contribution in [1.29, 1.82) is 0 Å². The van der Waals surface area contributed by atoms with Crippen LogP contribution in [0.5, 0.6) is 0 Å². The molecule has 2 aliphatic rings.